The molecule has 1 fully saturated rings. The highest BCUT2D eigenvalue weighted by Gasteiger charge is 2.24. The van der Waals surface area contributed by atoms with Gasteiger partial charge in [-0.25, -0.2) is 4.39 Å². The van der Waals surface area contributed by atoms with Crippen molar-refractivity contribution in [3.63, 3.8) is 0 Å². The first-order valence-corrected chi connectivity index (χ1v) is 10.3. The minimum absolute atomic E-state index is 0.0787. The third-order valence-corrected chi connectivity index (χ3v) is 5.57. The maximum Gasteiger partial charge on any atom is 0.263 e. The molecule has 0 unspecified atom stereocenters. The summed E-state index contributed by atoms with van der Waals surface area (Å²) in [6, 6.07) is 9.58. The Morgan fingerprint density at radius 3 is 2.57 bits per heavy atom. The molecule has 5 nitrogen and oxygen atoms in total. The fraction of sp³-hybridized carbons (Fsp3) is 0.273. The van der Waals surface area contributed by atoms with E-state index in [0.717, 1.165) is 10.9 Å². The molecule has 0 bridgehead atoms. The molecule has 2 heterocycles. The van der Waals surface area contributed by atoms with E-state index in [-0.39, 0.29) is 16.0 Å². The number of halogens is 3. The standard InChI is InChI=1S/C22H19Cl2FN2O3/c1-13(22(28)27-6-8-29-9-7-27)30-15-2-3-16-17(4-5-26-20(16)12-15)21-18(23)10-14(25)11-19(21)24/h2-5,10-13H,6-9H2,1H3/t13-/m1/s1. The van der Waals surface area contributed by atoms with Crippen LogP contribution in [0.2, 0.25) is 10.0 Å². The minimum Gasteiger partial charge on any atom is -0.481 e. The van der Waals surface area contributed by atoms with Crippen LogP contribution in [0.4, 0.5) is 4.39 Å². The predicted molar refractivity (Wildman–Crippen MR) is 115 cm³/mol. The normalized spacial score (nSPS) is 15.3. The Balaban J connectivity index is 1.62. The van der Waals surface area contributed by atoms with Crippen molar-refractivity contribution in [3.8, 4) is 16.9 Å². The molecule has 3 aromatic rings. The van der Waals surface area contributed by atoms with E-state index in [0.29, 0.717) is 43.1 Å². The maximum absolute atomic E-state index is 13.6. The number of carbonyl (C=O) groups excluding carboxylic acids is 1. The molecular weight excluding hydrogens is 430 g/mol. The molecule has 2 aromatic carbocycles. The molecule has 0 N–H and O–H groups in total. The van der Waals surface area contributed by atoms with E-state index in [4.69, 9.17) is 32.7 Å². The molecule has 0 aliphatic carbocycles. The number of amides is 1. The Bertz CT molecular complexity index is 1080. The summed E-state index contributed by atoms with van der Waals surface area (Å²) < 4.78 is 24.7. The minimum atomic E-state index is -0.635. The molecule has 156 valence electrons. The number of hydrogen-bond donors (Lipinski definition) is 0. The molecule has 1 aliphatic heterocycles. The van der Waals surface area contributed by atoms with Crippen molar-refractivity contribution in [3.05, 3.63) is 58.5 Å². The molecule has 0 saturated carbocycles. The van der Waals surface area contributed by atoms with Crippen LogP contribution >= 0.6 is 23.2 Å². The van der Waals surface area contributed by atoms with Crippen LogP contribution in [0, 0.1) is 5.82 Å². The zero-order valence-electron chi connectivity index (χ0n) is 16.2. The van der Waals surface area contributed by atoms with Crippen molar-refractivity contribution in [1.29, 1.82) is 0 Å². The topological polar surface area (TPSA) is 51.7 Å². The third kappa shape index (κ3) is 4.21. The smallest absolute Gasteiger partial charge is 0.263 e. The predicted octanol–water partition coefficient (Wildman–Crippen LogP) is 4.97. The summed E-state index contributed by atoms with van der Waals surface area (Å²) in [7, 11) is 0. The van der Waals surface area contributed by atoms with E-state index in [1.165, 1.54) is 12.1 Å². The second kappa shape index (κ2) is 8.76. The molecule has 1 saturated heterocycles. The van der Waals surface area contributed by atoms with Gasteiger partial charge in [-0.05, 0) is 42.8 Å². The maximum atomic E-state index is 13.6. The number of fused-ring (bicyclic) bond motifs is 1. The number of morpholine rings is 1. The van der Waals surface area contributed by atoms with Gasteiger partial charge in [0.05, 0.1) is 28.8 Å². The molecular formula is C22H19Cl2FN2O3. The van der Waals surface area contributed by atoms with E-state index in [1.54, 1.807) is 36.2 Å². The second-order valence-corrected chi connectivity index (χ2v) is 7.79. The van der Waals surface area contributed by atoms with Crippen LogP contribution in [0.15, 0.2) is 42.6 Å². The van der Waals surface area contributed by atoms with Gasteiger partial charge in [-0.1, -0.05) is 23.2 Å². The van der Waals surface area contributed by atoms with E-state index >= 15 is 0 Å². The number of aromatic nitrogens is 1. The summed E-state index contributed by atoms with van der Waals surface area (Å²) in [5.74, 6) is -0.0516. The number of hydrogen-bond acceptors (Lipinski definition) is 4. The van der Waals surface area contributed by atoms with Crippen LogP contribution in [0.25, 0.3) is 22.0 Å². The van der Waals surface area contributed by atoms with Crippen LogP contribution in [0.3, 0.4) is 0 Å². The van der Waals surface area contributed by atoms with Gasteiger partial charge in [0.1, 0.15) is 11.6 Å². The van der Waals surface area contributed by atoms with Crippen LogP contribution in [-0.4, -0.2) is 48.2 Å². The highest BCUT2D eigenvalue weighted by molar-refractivity contribution is 6.39. The van der Waals surface area contributed by atoms with Crippen molar-refractivity contribution in [1.82, 2.24) is 9.88 Å². The van der Waals surface area contributed by atoms with Crippen LogP contribution in [0.1, 0.15) is 6.92 Å². The van der Waals surface area contributed by atoms with Crippen LogP contribution in [0.5, 0.6) is 5.75 Å². The SMILES string of the molecule is C[C@@H](Oc1ccc2c(-c3c(Cl)cc(F)cc3Cl)ccnc2c1)C(=O)N1CCOCC1. The van der Waals surface area contributed by atoms with Crippen LogP contribution < -0.4 is 4.74 Å². The average molecular weight is 449 g/mol. The zero-order chi connectivity index (χ0) is 21.3. The van der Waals surface area contributed by atoms with Gasteiger partial charge in [0, 0.05) is 36.3 Å². The zero-order valence-corrected chi connectivity index (χ0v) is 17.7. The summed E-state index contributed by atoms with van der Waals surface area (Å²) >= 11 is 12.5. The molecule has 1 aromatic heterocycles. The second-order valence-electron chi connectivity index (χ2n) is 6.98. The molecule has 8 heteroatoms. The fourth-order valence-electron chi connectivity index (χ4n) is 3.51. The Morgan fingerprint density at radius 1 is 1.17 bits per heavy atom. The molecule has 1 amide bonds. The van der Waals surface area contributed by atoms with Gasteiger partial charge in [0.2, 0.25) is 0 Å². The lowest BCUT2D eigenvalue weighted by Gasteiger charge is -2.29. The first kappa shape index (κ1) is 20.8. The number of benzene rings is 2. The van der Waals surface area contributed by atoms with Gasteiger partial charge < -0.3 is 14.4 Å². The monoisotopic (exact) mass is 448 g/mol. The van der Waals surface area contributed by atoms with Crippen molar-refractivity contribution in [2.24, 2.45) is 0 Å². The number of carbonyl (C=O) groups is 1. The van der Waals surface area contributed by atoms with E-state index < -0.39 is 11.9 Å². The van der Waals surface area contributed by atoms with E-state index in [1.807, 2.05) is 6.07 Å². The molecule has 30 heavy (non-hydrogen) atoms. The summed E-state index contributed by atoms with van der Waals surface area (Å²) in [6.45, 7) is 3.93. The Hall–Kier alpha value is -2.41. The molecule has 1 aliphatic rings. The van der Waals surface area contributed by atoms with Crippen LogP contribution in [-0.2, 0) is 9.53 Å². The van der Waals surface area contributed by atoms with E-state index in [9.17, 15) is 9.18 Å². The summed E-state index contributed by atoms with van der Waals surface area (Å²) in [5, 5.41) is 1.22. The van der Waals surface area contributed by atoms with Gasteiger partial charge in [0.25, 0.3) is 5.91 Å². The highest BCUT2D eigenvalue weighted by atomic mass is 35.5. The number of pyridine rings is 1. The Kier molecular flexibility index (Phi) is 6.09. The van der Waals surface area contributed by atoms with Gasteiger partial charge in [0.15, 0.2) is 6.10 Å². The average Bonchev–Trinajstić information content (AvgIpc) is 2.73. The van der Waals surface area contributed by atoms with Gasteiger partial charge >= 0.3 is 0 Å². The lowest BCUT2D eigenvalue weighted by atomic mass is 10.0. The summed E-state index contributed by atoms with van der Waals surface area (Å²) in [4.78, 5) is 18.7. The number of nitrogens with zero attached hydrogens (tertiary/aromatic N) is 2. The molecule has 0 radical (unpaired) electrons. The highest BCUT2D eigenvalue weighted by Crippen LogP contribution is 2.39. The third-order valence-electron chi connectivity index (χ3n) is 4.97. The summed E-state index contributed by atoms with van der Waals surface area (Å²) in [5.41, 5.74) is 1.92. The lowest BCUT2D eigenvalue weighted by molar-refractivity contribution is -0.142. The number of rotatable bonds is 4. The van der Waals surface area contributed by atoms with Crippen molar-refractivity contribution in [2.75, 3.05) is 26.3 Å². The molecule has 1 atom stereocenters. The first-order chi connectivity index (χ1) is 14.4. The fourth-order valence-corrected chi connectivity index (χ4v) is 4.18. The summed E-state index contributed by atoms with van der Waals surface area (Å²) in [6.07, 6.45) is 0.990. The Morgan fingerprint density at radius 2 is 1.87 bits per heavy atom. The van der Waals surface area contributed by atoms with E-state index in [2.05, 4.69) is 4.98 Å². The largest absolute Gasteiger partial charge is 0.481 e. The first-order valence-electron chi connectivity index (χ1n) is 9.51. The quantitative estimate of drug-likeness (QED) is 0.564. The lowest BCUT2D eigenvalue weighted by Crippen LogP contribution is -2.46. The number of ether oxygens (including phenoxy) is 2. The van der Waals surface area contributed by atoms with Gasteiger partial charge in [-0.2, -0.15) is 0 Å². The van der Waals surface area contributed by atoms with Gasteiger partial charge in [-0.3, -0.25) is 9.78 Å². The van der Waals surface area contributed by atoms with Crippen molar-refractivity contribution >= 4 is 40.0 Å². The van der Waals surface area contributed by atoms with Crippen molar-refractivity contribution < 1.29 is 18.7 Å². The van der Waals surface area contributed by atoms with Gasteiger partial charge in [-0.15, -0.1) is 0 Å². The molecule has 0 spiro atoms. The molecule has 4 rings (SSSR count). The van der Waals surface area contributed by atoms with Crippen molar-refractivity contribution in [2.45, 2.75) is 13.0 Å². The Labute approximate surface area is 183 Å².